The van der Waals surface area contributed by atoms with E-state index < -0.39 is 15.4 Å². The number of methoxy groups -OCH3 is 2. The molecular formula is C19H25NO4S. The molecule has 6 heteroatoms. The molecule has 0 heterocycles. The second-order valence-electron chi connectivity index (χ2n) is 6.59. The van der Waals surface area contributed by atoms with Crippen LogP contribution in [0.2, 0.25) is 0 Å². The highest BCUT2D eigenvalue weighted by atomic mass is 32.2. The minimum Gasteiger partial charge on any atom is -0.493 e. The summed E-state index contributed by atoms with van der Waals surface area (Å²) in [6, 6.07) is 12.5. The molecule has 2 aromatic carbocycles. The van der Waals surface area contributed by atoms with E-state index in [1.54, 1.807) is 32.4 Å². The highest BCUT2D eigenvalue weighted by molar-refractivity contribution is 7.89. The average Bonchev–Trinajstić information content (AvgIpc) is 2.59. The molecule has 0 unspecified atom stereocenters. The number of nitrogens with one attached hydrogen (secondary N) is 1. The van der Waals surface area contributed by atoms with Gasteiger partial charge >= 0.3 is 0 Å². The maximum absolute atomic E-state index is 12.5. The fourth-order valence-corrected chi connectivity index (χ4v) is 3.82. The monoisotopic (exact) mass is 363 g/mol. The number of hydrogen-bond donors (Lipinski definition) is 1. The van der Waals surface area contributed by atoms with Crippen LogP contribution in [-0.2, 0) is 15.4 Å². The molecule has 0 amide bonds. The largest absolute Gasteiger partial charge is 0.493 e. The van der Waals surface area contributed by atoms with Crippen molar-refractivity contribution in [1.82, 2.24) is 4.72 Å². The first kappa shape index (κ1) is 19.3. The number of sulfonamides is 1. The van der Waals surface area contributed by atoms with Gasteiger partial charge in [-0.2, -0.15) is 0 Å². The Hall–Kier alpha value is -2.05. The third-order valence-electron chi connectivity index (χ3n) is 4.17. The Morgan fingerprint density at radius 2 is 1.68 bits per heavy atom. The number of hydrogen-bond acceptors (Lipinski definition) is 4. The Morgan fingerprint density at radius 3 is 2.28 bits per heavy atom. The third-order valence-corrected chi connectivity index (χ3v) is 5.57. The molecule has 2 rings (SSSR count). The first-order chi connectivity index (χ1) is 11.7. The molecule has 0 bridgehead atoms. The van der Waals surface area contributed by atoms with Gasteiger partial charge in [-0.1, -0.05) is 32.0 Å². The van der Waals surface area contributed by atoms with Gasteiger partial charge in [-0.15, -0.1) is 0 Å². The van der Waals surface area contributed by atoms with Crippen molar-refractivity contribution >= 4 is 10.0 Å². The first-order valence-corrected chi connectivity index (χ1v) is 9.47. The molecule has 136 valence electrons. The van der Waals surface area contributed by atoms with Crippen LogP contribution in [0.4, 0.5) is 0 Å². The molecule has 0 aliphatic heterocycles. The van der Waals surface area contributed by atoms with Crippen LogP contribution in [0.1, 0.15) is 25.0 Å². The van der Waals surface area contributed by atoms with Gasteiger partial charge in [-0.3, -0.25) is 0 Å². The molecule has 0 aliphatic rings. The summed E-state index contributed by atoms with van der Waals surface area (Å²) in [6.45, 7) is 6.09. The molecule has 2 aromatic rings. The molecule has 0 spiro atoms. The Labute approximate surface area is 150 Å². The molecule has 0 saturated carbocycles. The lowest BCUT2D eigenvalue weighted by Crippen LogP contribution is -2.36. The molecule has 0 aliphatic carbocycles. The van der Waals surface area contributed by atoms with Gasteiger partial charge in [0.15, 0.2) is 11.5 Å². The molecule has 0 atom stereocenters. The molecule has 0 fully saturated rings. The van der Waals surface area contributed by atoms with Crippen LogP contribution in [0.25, 0.3) is 0 Å². The van der Waals surface area contributed by atoms with E-state index >= 15 is 0 Å². The summed E-state index contributed by atoms with van der Waals surface area (Å²) in [7, 11) is -0.398. The van der Waals surface area contributed by atoms with Crippen LogP contribution < -0.4 is 14.2 Å². The molecule has 0 saturated heterocycles. The predicted molar refractivity (Wildman–Crippen MR) is 98.9 cm³/mol. The van der Waals surface area contributed by atoms with Crippen LogP contribution in [0, 0.1) is 6.92 Å². The molecule has 25 heavy (non-hydrogen) atoms. The zero-order valence-corrected chi connectivity index (χ0v) is 16.1. The van der Waals surface area contributed by atoms with Crippen LogP contribution in [0.5, 0.6) is 11.5 Å². The predicted octanol–water partition coefficient (Wildman–Crippen LogP) is 3.27. The number of benzene rings is 2. The highest BCUT2D eigenvalue weighted by Gasteiger charge is 2.25. The van der Waals surface area contributed by atoms with Crippen molar-refractivity contribution in [2.75, 3.05) is 20.8 Å². The van der Waals surface area contributed by atoms with Crippen LogP contribution in [0.15, 0.2) is 47.4 Å². The fourth-order valence-electron chi connectivity index (χ4n) is 2.50. The summed E-state index contributed by atoms with van der Waals surface area (Å²) >= 11 is 0. The molecular weight excluding hydrogens is 338 g/mol. The lowest BCUT2D eigenvalue weighted by atomic mass is 9.85. The fraction of sp³-hybridized carbons (Fsp3) is 0.368. The van der Waals surface area contributed by atoms with Gasteiger partial charge < -0.3 is 9.47 Å². The number of aryl methyl sites for hydroxylation is 1. The standard InChI is InChI=1S/C19H25NO4S/c1-14-7-6-8-16(11-14)25(21,22)20-13-19(2,3)15-9-10-17(23-4)18(12-15)24-5/h6-12,20H,13H2,1-5H3. The lowest BCUT2D eigenvalue weighted by molar-refractivity contribution is 0.353. The Morgan fingerprint density at radius 1 is 1.00 bits per heavy atom. The molecule has 1 N–H and O–H groups in total. The maximum atomic E-state index is 12.5. The second-order valence-corrected chi connectivity index (χ2v) is 8.36. The van der Waals surface area contributed by atoms with E-state index in [0.29, 0.717) is 11.5 Å². The van der Waals surface area contributed by atoms with Gasteiger partial charge in [0.1, 0.15) is 0 Å². The summed E-state index contributed by atoms with van der Waals surface area (Å²) in [5.74, 6) is 1.26. The van der Waals surface area contributed by atoms with Gasteiger partial charge in [0.2, 0.25) is 10.0 Å². The SMILES string of the molecule is COc1ccc(C(C)(C)CNS(=O)(=O)c2cccc(C)c2)cc1OC. The summed E-state index contributed by atoms with van der Waals surface area (Å²) in [6.07, 6.45) is 0. The van der Waals surface area contributed by atoms with Crippen LogP contribution >= 0.6 is 0 Å². The van der Waals surface area contributed by atoms with Crippen molar-refractivity contribution in [2.24, 2.45) is 0 Å². The highest BCUT2D eigenvalue weighted by Crippen LogP contribution is 2.33. The van der Waals surface area contributed by atoms with E-state index in [4.69, 9.17) is 9.47 Å². The zero-order chi connectivity index (χ0) is 18.7. The Bertz CT molecular complexity index is 844. The van der Waals surface area contributed by atoms with E-state index in [-0.39, 0.29) is 11.4 Å². The van der Waals surface area contributed by atoms with E-state index in [0.717, 1.165) is 11.1 Å². The summed E-state index contributed by atoms with van der Waals surface area (Å²) in [4.78, 5) is 0.274. The quantitative estimate of drug-likeness (QED) is 0.820. The first-order valence-electron chi connectivity index (χ1n) is 7.98. The molecule has 0 aromatic heterocycles. The molecule has 0 radical (unpaired) electrons. The van der Waals surface area contributed by atoms with E-state index in [1.807, 2.05) is 45.0 Å². The minimum atomic E-state index is -3.56. The smallest absolute Gasteiger partial charge is 0.240 e. The summed E-state index contributed by atoms with van der Waals surface area (Å²) in [5.41, 5.74) is 1.44. The summed E-state index contributed by atoms with van der Waals surface area (Å²) in [5, 5.41) is 0. The average molecular weight is 363 g/mol. The van der Waals surface area contributed by atoms with Crippen molar-refractivity contribution in [3.05, 3.63) is 53.6 Å². The van der Waals surface area contributed by atoms with Gasteiger partial charge in [-0.05, 0) is 42.3 Å². The zero-order valence-electron chi connectivity index (χ0n) is 15.3. The molecule has 5 nitrogen and oxygen atoms in total. The number of ether oxygens (including phenoxy) is 2. The minimum absolute atomic E-state index is 0.263. The van der Waals surface area contributed by atoms with E-state index in [1.165, 1.54) is 0 Å². The Kier molecular flexibility index (Phi) is 5.75. The van der Waals surface area contributed by atoms with E-state index in [2.05, 4.69) is 4.72 Å². The van der Waals surface area contributed by atoms with Gasteiger partial charge in [-0.25, -0.2) is 13.1 Å². The van der Waals surface area contributed by atoms with Crippen molar-refractivity contribution in [2.45, 2.75) is 31.1 Å². The second kappa shape index (κ2) is 7.45. The van der Waals surface area contributed by atoms with E-state index in [9.17, 15) is 8.42 Å². The van der Waals surface area contributed by atoms with Crippen molar-refractivity contribution in [1.29, 1.82) is 0 Å². The third kappa shape index (κ3) is 4.52. The number of rotatable bonds is 7. The lowest BCUT2D eigenvalue weighted by Gasteiger charge is -2.26. The van der Waals surface area contributed by atoms with Gasteiger partial charge in [0, 0.05) is 12.0 Å². The maximum Gasteiger partial charge on any atom is 0.240 e. The van der Waals surface area contributed by atoms with Gasteiger partial charge in [0.25, 0.3) is 0 Å². The van der Waals surface area contributed by atoms with Crippen LogP contribution in [-0.4, -0.2) is 29.2 Å². The summed E-state index contributed by atoms with van der Waals surface area (Å²) < 4.78 is 38.4. The topological polar surface area (TPSA) is 64.6 Å². The Balaban J connectivity index is 2.21. The normalized spacial score (nSPS) is 12.0. The van der Waals surface area contributed by atoms with Crippen LogP contribution in [0.3, 0.4) is 0 Å². The van der Waals surface area contributed by atoms with Crippen molar-refractivity contribution in [3.63, 3.8) is 0 Å². The van der Waals surface area contributed by atoms with Gasteiger partial charge in [0.05, 0.1) is 19.1 Å². The van der Waals surface area contributed by atoms with Crippen molar-refractivity contribution < 1.29 is 17.9 Å². The van der Waals surface area contributed by atoms with Crippen molar-refractivity contribution in [3.8, 4) is 11.5 Å².